The lowest BCUT2D eigenvalue weighted by Gasteiger charge is -2.34. The molecule has 1 spiro atoms. The second-order valence-electron chi connectivity index (χ2n) is 20.1. The van der Waals surface area contributed by atoms with E-state index in [1.54, 1.807) is 0 Å². The van der Waals surface area contributed by atoms with E-state index >= 15 is 0 Å². The van der Waals surface area contributed by atoms with Gasteiger partial charge in [0.25, 0.3) is 0 Å². The number of hydrogen-bond acceptors (Lipinski definition) is 1. The Bertz CT molecular complexity index is 3160. The fraction of sp³-hybridized carbons (Fsp3) is 0.226. The van der Waals surface area contributed by atoms with Gasteiger partial charge in [-0.1, -0.05) is 199 Å². The zero-order valence-corrected chi connectivity index (χ0v) is 37.2. The van der Waals surface area contributed by atoms with Crippen molar-refractivity contribution in [3.8, 4) is 44.5 Å². The maximum atomic E-state index is 9.42. The predicted molar refractivity (Wildman–Crippen MR) is 265 cm³/mol. The highest BCUT2D eigenvalue weighted by atomic mass is 15.1. The van der Waals surface area contributed by atoms with Gasteiger partial charge >= 0.3 is 0 Å². The van der Waals surface area contributed by atoms with E-state index in [4.69, 9.17) is 0 Å². The number of benzene rings is 8. The van der Waals surface area contributed by atoms with Gasteiger partial charge in [0.15, 0.2) is 0 Å². The highest BCUT2D eigenvalue weighted by molar-refractivity contribution is 5.97. The molecule has 0 aliphatic heterocycles. The number of rotatable bonds is 5. The topological polar surface area (TPSA) is 3.24 Å². The summed E-state index contributed by atoms with van der Waals surface area (Å²) in [6.45, 7) is 11.8. The average Bonchev–Trinajstić information content (AvgIpc) is 3.87. The first kappa shape index (κ1) is 37.1. The van der Waals surface area contributed by atoms with Crippen molar-refractivity contribution in [1.29, 1.82) is 0 Å². The van der Waals surface area contributed by atoms with E-state index in [2.05, 4.69) is 215 Å². The lowest BCUT2D eigenvalue weighted by Crippen LogP contribution is -2.27. The molecule has 0 aromatic heterocycles. The third-order valence-corrected chi connectivity index (χ3v) is 15.2. The van der Waals surface area contributed by atoms with Gasteiger partial charge in [-0.15, -0.1) is 0 Å². The molecule has 1 saturated carbocycles. The summed E-state index contributed by atoms with van der Waals surface area (Å²) >= 11 is 0. The molecule has 8 aromatic carbocycles. The van der Waals surface area contributed by atoms with Crippen LogP contribution in [0.15, 0.2) is 176 Å². The van der Waals surface area contributed by atoms with Crippen molar-refractivity contribution < 1.29 is 1.37 Å². The van der Waals surface area contributed by atoms with E-state index in [9.17, 15) is 1.37 Å². The normalized spacial score (nSPS) is 18.5. The summed E-state index contributed by atoms with van der Waals surface area (Å²) < 4.78 is 9.42. The minimum Gasteiger partial charge on any atom is -0.310 e. The maximum absolute atomic E-state index is 9.42. The first-order valence-electron chi connectivity index (χ1n) is 23.7. The molecule has 1 nitrogen and oxygen atoms in total. The highest BCUT2D eigenvalue weighted by Gasteiger charge is 2.52. The first-order valence-corrected chi connectivity index (χ1v) is 23.2. The summed E-state index contributed by atoms with van der Waals surface area (Å²) in [5.74, 6) is -0.500. The van der Waals surface area contributed by atoms with Crippen LogP contribution in [0, 0.1) is 0 Å². The summed E-state index contributed by atoms with van der Waals surface area (Å²) in [7, 11) is 0. The zero-order valence-electron chi connectivity index (χ0n) is 38.2. The molecule has 0 radical (unpaired) electrons. The largest absolute Gasteiger partial charge is 0.310 e. The molecule has 12 rings (SSSR count). The molecule has 4 aliphatic rings. The second kappa shape index (κ2) is 14.0. The van der Waals surface area contributed by atoms with E-state index in [0.717, 1.165) is 53.9 Å². The van der Waals surface area contributed by atoms with Crippen LogP contribution in [0.5, 0.6) is 0 Å². The lowest BCUT2D eigenvalue weighted by atomic mass is 9.69. The van der Waals surface area contributed by atoms with Crippen LogP contribution in [-0.4, -0.2) is 0 Å². The Labute approximate surface area is 375 Å². The molecule has 0 amide bonds. The molecule has 0 saturated heterocycles. The SMILES string of the molecule is [2H]C1(c2ccc(-c3ccccc3N(c3ccc4c(c3)C(C)(C)c3ccccc3-4)c3ccc4c(c3)C3(c5ccccc5-4)c4ccccc4-c4ccc(C(C)(C)C)cc43)cc2)CCCCC1. The predicted octanol–water partition coefficient (Wildman–Crippen LogP) is 16.8. The van der Waals surface area contributed by atoms with E-state index in [0.29, 0.717) is 0 Å². The standard InChI is InChI=1S/C62H55N/c1-60(2,3)43-31-34-51-48-21-10-14-24-54(48)62(57(51)37-43)55-25-15-11-22-49(55)52-36-33-45(39-58(52)62)63(44-32-35-50-47-20-9-13-23-53(47)61(4,5)56(50)38-44)59-26-16-12-19-46(59)42-29-27-41(28-30-42)40-17-7-6-8-18-40/h9-16,19-40H,6-8,17-18H2,1-5H3/i40D. The Morgan fingerprint density at radius 2 is 0.937 bits per heavy atom. The van der Waals surface area contributed by atoms with Crippen LogP contribution < -0.4 is 4.90 Å². The van der Waals surface area contributed by atoms with Gasteiger partial charge in [-0.25, -0.2) is 0 Å². The third kappa shape index (κ3) is 5.61. The minimum atomic E-state index is -0.500. The van der Waals surface area contributed by atoms with Crippen molar-refractivity contribution in [3.63, 3.8) is 0 Å². The molecule has 0 bridgehead atoms. The monoisotopic (exact) mass is 814 g/mol. The van der Waals surface area contributed by atoms with E-state index in [-0.39, 0.29) is 10.8 Å². The van der Waals surface area contributed by atoms with Crippen LogP contribution in [0.2, 0.25) is 0 Å². The van der Waals surface area contributed by atoms with Crippen molar-refractivity contribution >= 4 is 17.1 Å². The summed E-state index contributed by atoms with van der Waals surface area (Å²) in [6, 6.07) is 67.0. The number of fused-ring (bicyclic) bond motifs is 13. The second-order valence-corrected chi connectivity index (χ2v) is 20.1. The Morgan fingerprint density at radius 3 is 1.56 bits per heavy atom. The molecule has 1 atom stereocenters. The fourth-order valence-corrected chi connectivity index (χ4v) is 12.1. The first-order chi connectivity index (χ1) is 31.0. The van der Waals surface area contributed by atoms with E-state index < -0.39 is 11.3 Å². The quantitative estimate of drug-likeness (QED) is 0.167. The number of anilines is 3. The Morgan fingerprint density at radius 1 is 0.460 bits per heavy atom. The molecular formula is C62H55N. The summed E-state index contributed by atoms with van der Waals surface area (Å²) in [5, 5.41) is 0. The van der Waals surface area contributed by atoms with Crippen LogP contribution in [0.3, 0.4) is 0 Å². The van der Waals surface area contributed by atoms with Gasteiger partial charge in [-0.05, 0) is 138 Å². The smallest absolute Gasteiger partial charge is 0.0726 e. The summed E-state index contributed by atoms with van der Waals surface area (Å²) in [4.78, 5) is 2.53. The molecule has 1 heteroatoms. The molecule has 1 fully saturated rings. The minimum absolute atomic E-state index is 0.00877. The van der Waals surface area contributed by atoms with E-state index in [1.807, 2.05) is 0 Å². The van der Waals surface area contributed by atoms with Gasteiger partial charge in [0.2, 0.25) is 0 Å². The number of para-hydroxylation sites is 1. The molecule has 4 aliphatic carbocycles. The van der Waals surface area contributed by atoms with Gasteiger partial charge in [0.1, 0.15) is 0 Å². The Kier molecular flexibility index (Phi) is 8.27. The highest BCUT2D eigenvalue weighted by Crippen LogP contribution is 2.64. The number of nitrogens with zero attached hydrogens (tertiary/aromatic N) is 1. The maximum Gasteiger partial charge on any atom is 0.0726 e. The van der Waals surface area contributed by atoms with Crippen molar-refractivity contribution in [2.24, 2.45) is 0 Å². The summed E-state index contributed by atoms with van der Waals surface area (Å²) in [6.07, 6.45) is 5.37. The van der Waals surface area contributed by atoms with Gasteiger partial charge in [0, 0.05) is 23.7 Å². The Hall–Kier alpha value is -6.44. The van der Waals surface area contributed by atoms with Gasteiger partial charge < -0.3 is 4.90 Å². The van der Waals surface area contributed by atoms with Crippen molar-refractivity contribution in [3.05, 3.63) is 220 Å². The summed E-state index contributed by atoms with van der Waals surface area (Å²) in [5.41, 5.74) is 23.6. The zero-order chi connectivity index (χ0) is 43.6. The molecular weight excluding hydrogens is 759 g/mol. The van der Waals surface area contributed by atoms with Crippen LogP contribution >= 0.6 is 0 Å². The van der Waals surface area contributed by atoms with Crippen LogP contribution in [0.25, 0.3) is 44.5 Å². The van der Waals surface area contributed by atoms with Crippen molar-refractivity contribution in [2.75, 3.05) is 4.90 Å². The lowest BCUT2D eigenvalue weighted by molar-refractivity contribution is 0.443. The van der Waals surface area contributed by atoms with Gasteiger partial charge in [-0.2, -0.15) is 0 Å². The molecule has 1 unspecified atom stereocenters. The molecule has 63 heavy (non-hydrogen) atoms. The third-order valence-electron chi connectivity index (χ3n) is 15.2. The van der Waals surface area contributed by atoms with Gasteiger partial charge in [0.05, 0.1) is 11.1 Å². The number of hydrogen-bond donors (Lipinski definition) is 0. The fourth-order valence-electron chi connectivity index (χ4n) is 12.1. The van der Waals surface area contributed by atoms with E-state index in [1.165, 1.54) is 84.3 Å². The molecule has 0 heterocycles. The molecule has 0 N–H and O–H groups in total. The molecule has 308 valence electrons. The van der Waals surface area contributed by atoms with Crippen LogP contribution in [0.1, 0.15) is 118 Å². The molecule has 8 aromatic rings. The van der Waals surface area contributed by atoms with Gasteiger partial charge in [-0.3, -0.25) is 0 Å². The van der Waals surface area contributed by atoms with Crippen molar-refractivity contribution in [2.45, 2.75) is 88.9 Å². The van der Waals surface area contributed by atoms with Crippen molar-refractivity contribution in [1.82, 2.24) is 0 Å². The Balaban J connectivity index is 1.10. The van der Waals surface area contributed by atoms with Crippen LogP contribution in [0.4, 0.5) is 17.1 Å². The average molecular weight is 815 g/mol. The van der Waals surface area contributed by atoms with Crippen LogP contribution in [-0.2, 0) is 16.2 Å².